The van der Waals surface area contributed by atoms with E-state index in [2.05, 4.69) is 300 Å². The number of hydrogen-bond donors (Lipinski definition) is 0. The van der Waals surface area contributed by atoms with Gasteiger partial charge in [-0.25, -0.2) is 4.57 Å². The first-order valence-corrected chi connectivity index (χ1v) is 45.2. The van der Waals surface area contributed by atoms with E-state index in [-0.39, 0.29) is 120 Å². The molecular formula is C126H100Ir3N11-3. The van der Waals surface area contributed by atoms with Crippen LogP contribution in [0.5, 0.6) is 0 Å². The smallest absolute Gasteiger partial charge is 0.331 e. The first kappa shape index (κ1) is 90.7. The van der Waals surface area contributed by atoms with Crippen LogP contribution >= 0.6 is 0 Å². The van der Waals surface area contributed by atoms with Gasteiger partial charge >= 0.3 is 5.82 Å². The fourth-order valence-corrected chi connectivity index (χ4v) is 15.7. The molecule has 0 aliphatic carbocycles. The summed E-state index contributed by atoms with van der Waals surface area (Å²) in [4.78, 5) is 30.7. The molecule has 689 valence electrons. The third-order valence-electron chi connectivity index (χ3n) is 22.7. The largest absolute Gasteiger partial charge is 0.351 e. The summed E-state index contributed by atoms with van der Waals surface area (Å²) < 4.78 is 60.6. The minimum absolute atomic E-state index is 0. The molecule has 25 rings (SSSR count). The van der Waals surface area contributed by atoms with Crippen molar-refractivity contribution in [2.45, 2.75) is 40.4 Å². The van der Waals surface area contributed by atoms with E-state index in [0.717, 1.165) is 98.8 Å². The molecule has 0 atom stereocenters. The molecule has 0 saturated heterocycles. The fourth-order valence-electron chi connectivity index (χ4n) is 15.7. The maximum absolute atomic E-state index is 7.97. The van der Waals surface area contributed by atoms with Crippen molar-refractivity contribution in [3.8, 4) is 124 Å². The fraction of sp³-hybridized carbons (Fsp3) is 0.0556. The quantitative estimate of drug-likeness (QED) is 0.0987. The van der Waals surface area contributed by atoms with Crippen molar-refractivity contribution >= 4 is 11.4 Å². The molecule has 14 heteroatoms. The Labute approximate surface area is 873 Å². The number of hydrogen-bond acceptors (Lipinski definition) is 8. The number of rotatable bonds is 10. The summed E-state index contributed by atoms with van der Waals surface area (Å²) in [5.74, 6) is 1.10. The van der Waals surface area contributed by atoms with Crippen molar-refractivity contribution in [2.75, 3.05) is 16.5 Å². The topological polar surface area (TPSA) is 95.5 Å². The maximum atomic E-state index is 7.97. The summed E-state index contributed by atoms with van der Waals surface area (Å²) in [5.41, 5.74) is 30.9. The van der Waals surface area contributed by atoms with Crippen LogP contribution in [0, 0.1) is 57.2 Å². The second kappa shape index (κ2) is 52.0. The molecule has 0 bridgehead atoms. The van der Waals surface area contributed by atoms with E-state index >= 15 is 0 Å². The zero-order valence-electron chi connectivity index (χ0n) is 84.1. The molecule has 8 aromatic heterocycles. The number of anilines is 2. The predicted molar refractivity (Wildman–Crippen MR) is 555 cm³/mol. The summed E-state index contributed by atoms with van der Waals surface area (Å²) >= 11 is 0. The van der Waals surface area contributed by atoms with Crippen molar-refractivity contribution < 1.29 is 83.6 Å². The Kier molecular flexibility index (Phi) is 33.7. The normalized spacial score (nSPS) is 11.8. The molecule has 140 heavy (non-hydrogen) atoms. The molecular weight excluding hydrogens is 2240 g/mol. The average molecular weight is 2350 g/mol. The van der Waals surface area contributed by atoms with Gasteiger partial charge in [-0.1, -0.05) is 212 Å². The third-order valence-corrected chi connectivity index (χ3v) is 22.7. The van der Waals surface area contributed by atoms with Gasteiger partial charge in [0, 0.05) is 169 Å². The Hall–Kier alpha value is -15.7. The number of para-hydroxylation sites is 2. The van der Waals surface area contributed by atoms with Crippen LogP contribution in [-0.2, 0) is 80.0 Å². The average Bonchev–Trinajstić information content (AvgIpc) is 1.58. The molecule has 4 aliphatic rings. The Balaban J connectivity index is 0.000000131. The second-order valence-corrected chi connectivity index (χ2v) is 32.0. The minimum Gasteiger partial charge on any atom is -0.351 e. The summed E-state index contributed by atoms with van der Waals surface area (Å²) in [7, 11) is 0. The second-order valence-electron chi connectivity index (χ2n) is 32.0. The van der Waals surface area contributed by atoms with E-state index < -0.39 is 0 Å². The molecule has 0 N–H and O–H groups in total. The van der Waals surface area contributed by atoms with Crippen molar-refractivity contribution in [3.63, 3.8) is 0 Å². The number of aryl methyl sites for hydroxylation is 3. The summed E-state index contributed by atoms with van der Waals surface area (Å²) in [6.07, 6.45) is 19.1. The monoisotopic (exact) mass is 2350 g/mol. The third kappa shape index (κ3) is 27.2. The molecule has 0 saturated carbocycles. The van der Waals surface area contributed by atoms with Gasteiger partial charge in [-0.05, 0) is 147 Å². The molecule has 0 unspecified atom stereocenters. The van der Waals surface area contributed by atoms with Crippen LogP contribution in [-0.4, -0.2) is 36.6 Å². The molecule has 3 radical (unpaired) electrons. The first-order valence-electron chi connectivity index (χ1n) is 48.7. The van der Waals surface area contributed by atoms with Gasteiger partial charge in [0.25, 0.3) is 0 Å². The molecule has 4 aliphatic heterocycles. The first-order chi connectivity index (χ1) is 70.6. The van der Waals surface area contributed by atoms with Crippen LogP contribution in [0.1, 0.15) is 43.1 Å². The van der Waals surface area contributed by atoms with Gasteiger partial charge in [-0.15, -0.1) is 186 Å². The zero-order chi connectivity index (χ0) is 99.3. The van der Waals surface area contributed by atoms with Crippen molar-refractivity contribution in [1.29, 1.82) is 0 Å². The molecule has 12 heterocycles. The standard InChI is InChI=1S/3C18H14N.C15H13N2.C12H11N2.C12H10N.3C11H8N.3Ir/c1-2-6-14(7-3-1)15-9-10-16-13-19-11-5-4-8-18(19)17(16)12-15;1-14-12-18(16-10-6-3-7-11-16)19-13-17(14)15-8-4-2-5-9-15;1-14-7-5-6-10-17(14)16-11-12-18(19-13-16)15-8-3-2-4-9-15;1-3-7-14(8-4-1)16-11-12-17(13-16)15-9-5-2-6-10-15;1-9-6-7-14-8-10-4-2-3-5-11(10)12(14)13-9;1-2-6-11-10(5-1)9-13-8-4-3-7-12(11)13;3*1-2-6-10(7-3-1)11-8-4-5-9-12-11;;;/h1-12H,13H2;2-10,12-13H,1H3;2-8,10-13H,1H3;1-9,11-12H,13H2;2-7H,8H2,1H3;1-8H,9H2;3*1-6,8-9H;;;/q+1;3*-1;2*+1;3*-1;;;/i;;;;;1D,2D,3D,4D,5D,6D,7D;;;;;;. The Morgan fingerprint density at radius 1 is 0.286 bits per heavy atom. The van der Waals surface area contributed by atoms with Gasteiger partial charge in [0.2, 0.25) is 11.4 Å². The Bertz CT molecular complexity index is 7510. The zero-order valence-corrected chi connectivity index (χ0v) is 84.3. The van der Waals surface area contributed by atoms with Crippen LogP contribution in [0.2, 0.25) is 0 Å². The van der Waals surface area contributed by atoms with E-state index in [4.69, 9.17) is 9.60 Å². The van der Waals surface area contributed by atoms with E-state index in [0.29, 0.717) is 5.56 Å². The molecule has 0 amide bonds. The van der Waals surface area contributed by atoms with Crippen molar-refractivity contribution in [3.05, 3.63) is 575 Å². The van der Waals surface area contributed by atoms with Gasteiger partial charge in [0.05, 0.1) is 39.2 Å². The van der Waals surface area contributed by atoms with Crippen molar-refractivity contribution in [1.82, 2.24) is 29.9 Å². The van der Waals surface area contributed by atoms with Gasteiger partial charge in [0.15, 0.2) is 31.2 Å². The van der Waals surface area contributed by atoms with Crippen molar-refractivity contribution in [2.24, 2.45) is 0 Å². The molecule has 13 aromatic carbocycles. The molecule has 11 nitrogen and oxygen atoms in total. The number of nitrogens with zero attached hydrogens (tertiary/aromatic N) is 11. The molecule has 0 fully saturated rings. The number of pyridine rings is 7. The van der Waals surface area contributed by atoms with E-state index in [1.54, 1.807) is 23.2 Å². The van der Waals surface area contributed by atoms with Crippen LogP contribution in [0.3, 0.4) is 0 Å². The van der Waals surface area contributed by atoms with Crippen LogP contribution in [0.4, 0.5) is 11.4 Å². The van der Waals surface area contributed by atoms with E-state index in [1.807, 2.05) is 244 Å². The Morgan fingerprint density at radius 3 is 1.31 bits per heavy atom. The molecule has 0 spiro atoms. The van der Waals surface area contributed by atoms with Gasteiger partial charge < -0.3 is 34.7 Å². The van der Waals surface area contributed by atoms with Gasteiger partial charge in [0.1, 0.15) is 6.54 Å². The summed E-state index contributed by atoms with van der Waals surface area (Å²) in [6, 6.07) is 152. The molecule has 21 aromatic rings. The summed E-state index contributed by atoms with van der Waals surface area (Å²) in [5, 5.41) is 0. The van der Waals surface area contributed by atoms with Crippen LogP contribution in [0.15, 0.2) is 505 Å². The van der Waals surface area contributed by atoms with Gasteiger partial charge in [-0.2, -0.15) is 33.4 Å². The van der Waals surface area contributed by atoms with E-state index in [1.165, 1.54) is 78.8 Å². The number of aromatic nitrogens is 9. The number of fused-ring (bicyclic) bond motifs is 9. The Morgan fingerprint density at radius 2 is 0.757 bits per heavy atom. The van der Waals surface area contributed by atoms with Gasteiger partial charge in [-0.3, -0.25) is 0 Å². The minimum atomic E-state index is -0.344. The summed E-state index contributed by atoms with van der Waals surface area (Å²) in [6.45, 7) is 9.25. The maximum Gasteiger partial charge on any atom is 0.331 e. The number of benzene rings is 13. The van der Waals surface area contributed by atoms with E-state index in [9.17, 15) is 0 Å². The predicted octanol–water partition coefficient (Wildman–Crippen LogP) is 27.3. The van der Waals surface area contributed by atoms with Crippen LogP contribution < -0.4 is 23.5 Å². The van der Waals surface area contributed by atoms with Crippen LogP contribution in [0.25, 0.3) is 124 Å². The SMILES string of the molecule is Cc1cc(-c2[c-]cccc2)ncc1-c1ccccc1.Cc1cc[n+]2c(n1)-c1ccccc1C2.Cc1ccccc1-c1ccc(-c2[c-]cccc2)nc1.[2H]c1c[n+]2c(c([2H])c1[2H])-c1c([2H])c([2H])c([2H])c([2H])c1C2.[Ir].[Ir].[Ir].[c-]1ccccc1-c1ccccn1.[c-]1ccccc1-c1ccccn1.[c-]1ccccc1-c1ccccn1.[c-]1ccccc1N1C=CN(c2ccccc2)C1.c1ccc(-c2ccc3c(c2)-c2cccc[n+]2C3)cc1.